The third kappa shape index (κ3) is 3.94. The van der Waals surface area contributed by atoms with Crippen LogP contribution in [0.4, 0.5) is 17.6 Å². The number of halogens is 4. The lowest BCUT2D eigenvalue weighted by atomic mass is 10.3. The van der Waals surface area contributed by atoms with Crippen LogP contribution in [0.5, 0.6) is 0 Å². The highest BCUT2D eigenvalue weighted by Crippen LogP contribution is 2.30. The molecule has 0 aliphatic carbocycles. The molecule has 2 aromatic rings. The van der Waals surface area contributed by atoms with Gasteiger partial charge >= 0.3 is 6.18 Å². The van der Waals surface area contributed by atoms with Crippen LogP contribution in [0.3, 0.4) is 0 Å². The lowest BCUT2D eigenvalue weighted by molar-refractivity contribution is -0.142. The fraction of sp³-hybridized carbons (Fsp3) is 0.462. The van der Waals surface area contributed by atoms with Crippen LogP contribution >= 0.6 is 0 Å². The Balaban J connectivity index is 0.000000741. The van der Waals surface area contributed by atoms with Crippen LogP contribution in [0.25, 0.3) is 5.52 Å². The number of aromatic nitrogens is 2. The zero-order valence-corrected chi connectivity index (χ0v) is 11.6. The number of imidazole rings is 1. The summed E-state index contributed by atoms with van der Waals surface area (Å²) in [5.41, 5.74) is -0.569. The van der Waals surface area contributed by atoms with Crippen molar-refractivity contribution in [1.82, 2.24) is 9.38 Å². The average Bonchev–Trinajstić information content (AvgIpc) is 2.74. The summed E-state index contributed by atoms with van der Waals surface area (Å²) in [6.45, 7) is 9.52. The van der Waals surface area contributed by atoms with Gasteiger partial charge in [0, 0.05) is 6.07 Å². The van der Waals surface area contributed by atoms with Gasteiger partial charge in [0.25, 0.3) is 0 Å². The summed E-state index contributed by atoms with van der Waals surface area (Å²) in [4.78, 5) is 3.71. The van der Waals surface area contributed by atoms with Crippen molar-refractivity contribution in [3.8, 4) is 0 Å². The third-order valence-electron chi connectivity index (χ3n) is 2.10. The molecule has 0 saturated carbocycles. The lowest BCUT2D eigenvalue weighted by Crippen LogP contribution is -2.11. The monoisotopic (exact) mass is 278 g/mol. The zero-order chi connectivity index (χ0) is 15.2. The zero-order valence-electron chi connectivity index (χ0n) is 11.6. The standard InChI is InChI=1S/C9H6F4N2.2C2H6/c1-5-7-2-6(10)3-8(9(11,12)13)15(7)4-14-5;2*1-2/h2-4H,1H3;2*1-2H3. The van der Waals surface area contributed by atoms with Crippen LogP contribution in [0.15, 0.2) is 18.5 Å². The molecule has 0 spiro atoms. The summed E-state index contributed by atoms with van der Waals surface area (Å²) in [5, 5.41) is 0. The molecule has 0 amide bonds. The van der Waals surface area contributed by atoms with E-state index in [4.69, 9.17) is 0 Å². The molecular weight excluding hydrogens is 260 g/mol. The van der Waals surface area contributed by atoms with Crippen LogP contribution in [-0.4, -0.2) is 9.38 Å². The minimum atomic E-state index is -4.59. The van der Waals surface area contributed by atoms with E-state index in [0.717, 1.165) is 16.8 Å². The molecule has 2 heterocycles. The first-order valence-electron chi connectivity index (χ1n) is 6.10. The van der Waals surface area contributed by atoms with Gasteiger partial charge in [0.2, 0.25) is 0 Å². The molecule has 108 valence electrons. The Bertz CT molecular complexity index is 515. The highest BCUT2D eigenvalue weighted by atomic mass is 19.4. The molecule has 2 nitrogen and oxygen atoms in total. The molecule has 6 heteroatoms. The molecule has 0 radical (unpaired) electrons. The quantitative estimate of drug-likeness (QED) is 0.629. The molecule has 2 aromatic heterocycles. The van der Waals surface area contributed by atoms with Gasteiger partial charge in [0.15, 0.2) is 0 Å². The van der Waals surface area contributed by atoms with Gasteiger partial charge in [0.1, 0.15) is 17.8 Å². The molecule has 0 unspecified atom stereocenters. The van der Waals surface area contributed by atoms with E-state index in [1.54, 1.807) is 0 Å². The summed E-state index contributed by atoms with van der Waals surface area (Å²) in [6.07, 6.45) is -3.56. The highest BCUT2D eigenvalue weighted by Gasteiger charge is 2.34. The summed E-state index contributed by atoms with van der Waals surface area (Å²) in [5.74, 6) is -0.918. The van der Waals surface area contributed by atoms with Gasteiger partial charge in [0.05, 0.1) is 11.2 Å². The number of alkyl halides is 3. The fourth-order valence-corrected chi connectivity index (χ4v) is 1.40. The predicted molar refractivity (Wildman–Crippen MR) is 67.6 cm³/mol. The second kappa shape index (κ2) is 7.11. The van der Waals surface area contributed by atoms with E-state index < -0.39 is 17.7 Å². The molecule has 0 aromatic carbocycles. The van der Waals surface area contributed by atoms with Crippen molar-refractivity contribution < 1.29 is 17.6 Å². The molecule has 0 bridgehead atoms. The molecular formula is C13H18F4N2. The van der Waals surface area contributed by atoms with Crippen molar-refractivity contribution in [2.75, 3.05) is 0 Å². The van der Waals surface area contributed by atoms with Gasteiger partial charge in [-0.1, -0.05) is 27.7 Å². The molecule has 0 N–H and O–H groups in total. The largest absolute Gasteiger partial charge is 0.431 e. The first-order valence-corrected chi connectivity index (χ1v) is 6.10. The Morgan fingerprint density at radius 3 is 2.05 bits per heavy atom. The van der Waals surface area contributed by atoms with Crippen LogP contribution in [0.1, 0.15) is 39.1 Å². The number of nitrogens with zero attached hydrogens (tertiary/aromatic N) is 2. The molecule has 2 rings (SSSR count). The van der Waals surface area contributed by atoms with Gasteiger partial charge < -0.3 is 0 Å². The number of fused-ring (bicyclic) bond motifs is 1. The van der Waals surface area contributed by atoms with Gasteiger partial charge in [-0.3, -0.25) is 4.40 Å². The maximum atomic E-state index is 12.9. The minimum absolute atomic E-state index is 0.127. The third-order valence-corrected chi connectivity index (χ3v) is 2.10. The van der Waals surface area contributed by atoms with Crippen molar-refractivity contribution in [3.05, 3.63) is 35.7 Å². The predicted octanol–water partition coefficient (Wildman–Crippen LogP) is 4.85. The SMILES string of the molecule is CC.CC.Cc1ncn2c(C(F)(F)F)cc(F)cc12. The molecule has 0 saturated heterocycles. The summed E-state index contributed by atoms with van der Waals surface area (Å²) >= 11 is 0. The molecule has 19 heavy (non-hydrogen) atoms. The van der Waals surface area contributed by atoms with E-state index in [2.05, 4.69) is 4.98 Å². The molecule has 0 aliphatic heterocycles. The second-order valence-corrected chi connectivity index (χ2v) is 3.14. The van der Waals surface area contributed by atoms with Crippen molar-refractivity contribution in [2.24, 2.45) is 0 Å². The van der Waals surface area contributed by atoms with E-state index in [0.29, 0.717) is 11.8 Å². The van der Waals surface area contributed by atoms with Crippen molar-refractivity contribution in [1.29, 1.82) is 0 Å². The summed E-state index contributed by atoms with van der Waals surface area (Å²) < 4.78 is 51.3. The van der Waals surface area contributed by atoms with Crippen molar-refractivity contribution in [3.63, 3.8) is 0 Å². The van der Waals surface area contributed by atoms with Crippen LogP contribution < -0.4 is 0 Å². The normalized spacial score (nSPS) is 10.4. The van der Waals surface area contributed by atoms with Crippen molar-refractivity contribution in [2.45, 2.75) is 40.8 Å². The minimum Gasteiger partial charge on any atom is -0.294 e. The van der Waals surface area contributed by atoms with Gasteiger partial charge in [-0.2, -0.15) is 13.2 Å². The number of pyridine rings is 1. The Labute approximate surface area is 110 Å². The molecule has 0 atom stereocenters. The van der Waals surface area contributed by atoms with Crippen LogP contribution in [0.2, 0.25) is 0 Å². The van der Waals surface area contributed by atoms with E-state index in [1.165, 1.54) is 6.92 Å². The second-order valence-electron chi connectivity index (χ2n) is 3.14. The Morgan fingerprint density at radius 2 is 1.58 bits per heavy atom. The number of hydrogen-bond donors (Lipinski definition) is 0. The van der Waals surface area contributed by atoms with Crippen molar-refractivity contribution >= 4 is 5.52 Å². The lowest BCUT2D eigenvalue weighted by Gasteiger charge is -2.09. The van der Waals surface area contributed by atoms with E-state index in [1.807, 2.05) is 27.7 Å². The maximum Gasteiger partial charge on any atom is 0.431 e. The Hall–Kier alpha value is -1.59. The Kier molecular flexibility index (Phi) is 6.52. The maximum absolute atomic E-state index is 12.9. The van der Waals surface area contributed by atoms with Gasteiger partial charge in [-0.05, 0) is 13.0 Å². The number of hydrogen-bond acceptors (Lipinski definition) is 1. The van der Waals surface area contributed by atoms with Crippen LogP contribution in [0, 0.1) is 12.7 Å². The summed E-state index contributed by atoms with van der Waals surface area (Å²) in [7, 11) is 0. The van der Waals surface area contributed by atoms with Crippen LogP contribution in [-0.2, 0) is 6.18 Å². The van der Waals surface area contributed by atoms with E-state index in [-0.39, 0.29) is 5.52 Å². The fourth-order valence-electron chi connectivity index (χ4n) is 1.40. The summed E-state index contributed by atoms with van der Waals surface area (Å²) in [6, 6.07) is 1.48. The number of aryl methyl sites for hydroxylation is 1. The molecule has 0 aliphatic rings. The first-order chi connectivity index (χ1) is 8.89. The van der Waals surface area contributed by atoms with Gasteiger partial charge in [-0.25, -0.2) is 9.37 Å². The number of rotatable bonds is 0. The van der Waals surface area contributed by atoms with E-state index >= 15 is 0 Å². The average molecular weight is 278 g/mol. The smallest absolute Gasteiger partial charge is 0.294 e. The first kappa shape index (κ1) is 17.4. The highest BCUT2D eigenvalue weighted by molar-refractivity contribution is 5.53. The van der Waals surface area contributed by atoms with Gasteiger partial charge in [-0.15, -0.1) is 0 Å². The molecule has 0 fully saturated rings. The van der Waals surface area contributed by atoms with E-state index in [9.17, 15) is 17.6 Å². The Morgan fingerprint density at radius 1 is 1.05 bits per heavy atom. The topological polar surface area (TPSA) is 17.3 Å².